The van der Waals surface area contributed by atoms with E-state index in [9.17, 15) is 0 Å². The van der Waals surface area contributed by atoms with Crippen LogP contribution in [0.3, 0.4) is 0 Å². The van der Waals surface area contributed by atoms with E-state index < -0.39 is 0 Å². The summed E-state index contributed by atoms with van der Waals surface area (Å²) >= 11 is 0. The molecule has 0 spiro atoms. The fourth-order valence-corrected chi connectivity index (χ4v) is 3.17. The van der Waals surface area contributed by atoms with E-state index in [0.29, 0.717) is 0 Å². The predicted octanol–water partition coefficient (Wildman–Crippen LogP) is 1.95. The van der Waals surface area contributed by atoms with E-state index in [-0.39, 0.29) is 0 Å². The molecule has 0 aromatic heterocycles. The summed E-state index contributed by atoms with van der Waals surface area (Å²) in [4.78, 5) is 5.19. The molecular formula is C12H24N2. The number of piperidine rings is 2. The second-order valence-corrected chi connectivity index (χ2v) is 5.09. The van der Waals surface area contributed by atoms with Crippen LogP contribution in [0.4, 0.5) is 0 Å². The van der Waals surface area contributed by atoms with Crippen molar-refractivity contribution in [1.82, 2.24) is 9.80 Å². The lowest BCUT2D eigenvalue weighted by molar-refractivity contribution is 0.0607. The number of hydrogen-bond donors (Lipinski definition) is 0. The van der Waals surface area contributed by atoms with E-state index in [0.717, 1.165) is 12.1 Å². The first kappa shape index (κ1) is 10.4. The topological polar surface area (TPSA) is 6.48 Å². The van der Waals surface area contributed by atoms with E-state index in [1.54, 1.807) is 0 Å². The van der Waals surface area contributed by atoms with Crippen molar-refractivity contribution in [3.05, 3.63) is 0 Å². The molecule has 2 aliphatic rings. The zero-order valence-electron chi connectivity index (χ0n) is 9.71. The van der Waals surface area contributed by atoms with Crippen LogP contribution >= 0.6 is 0 Å². The minimum absolute atomic E-state index is 0.842. The van der Waals surface area contributed by atoms with E-state index in [1.807, 2.05) is 0 Å². The Hall–Kier alpha value is -0.0800. The molecule has 0 saturated carbocycles. The van der Waals surface area contributed by atoms with Gasteiger partial charge in [0.1, 0.15) is 0 Å². The van der Waals surface area contributed by atoms with Gasteiger partial charge in [0, 0.05) is 12.1 Å². The van der Waals surface area contributed by atoms with Crippen molar-refractivity contribution in [1.29, 1.82) is 0 Å². The Labute approximate surface area is 88.3 Å². The maximum Gasteiger partial charge on any atom is 0.0248 e. The first-order chi connectivity index (χ1) is 6.79. The first-order valence-corrected chi connectivity index (χ1v) is 6.19. The summed E-state index contributed by atoms with van der Waals surface area (Å²) in [6.07, 6.45) is 8.54. The van der Waals surface area contributed by atoms with Crippen molar-refractivity contribution in [2.45, 2.75) is 50.6 Å². The molecule has 0 radical (unpaired) electrons. The molecule has 2 nitrogen and oxygen atoms in total. The molecule has 0 aromatic carbocycles. The van der Waals surface area contributed by atoms with Gasteiger partial charge in [-0.3, -0.25) is 0 Å². The fourth-order valence-electron chi connectivity index (χ4n) is 3.17. The van der Waals surface area contributed by atoms with Gasteiger partial charge in [0.05, 0.1) is 0 Å². The SMILES string of the molecule is CN1CCCCC1C1CCCCN1C. The Morgan fingerprint density at radius 1 is 0.714 bits per heavy atom. The molecule has 2 fully saturated rings. The molecule has 2 saturated heterocycles. The zero-order chi connectivity index (χ0) is 9.97. The van der Waals surface area contributed by atoms with Gasteiger partial charge in [0.2, 0.25) is 0 Å². The van der Waals surface area contributed by atoms with Gasteiger partial charge in [-0.1, -0.05) is 12.8 Å². The molecule has 0 aromatic rings. The highest BCUT2D eigenvalue weighted by atomic mass is 15.2. The van der Waals surface area contributed by atoms with Crippen LogP contribution in [0, 0.1) is 0 Å². The molecule has 0 aliphatic carbocycles. The highest BCUT2D eigenvalue weighted by Crippen LogP contribution is 2.26. The lowest BCUT2D eigenvalue weighted by Gasteiger charge is -2.44. The molecule has 0 bridgehead atoms. The van der Waals surface area contributed by atoms with Crippen molar-refractivity contribution in [3.8, 4) is 0 Å². The Balaban J connectivity index is 1.96. The van der Waals surface area contributed by atoms with Gasteiger partial charge in [0.25, 0.3) is 0 Å². The van der Waals surface area contributed by atoms with Gasteiger partial charge in [-0.25, -0.2) is 0 Å². The largest absolute Gasteiger partial charge is 0.302 e. The summed E-state index contributed by atoms with van der Waals surface area (Å²) in [5.74, 6) is 0. The quantitative estimate of drug-likeness (QED) is 0.632. The summed E-state index contributed by atoms with van der Waals surface area (Å²) < 4.78 is 0. The third-order valence-electron chi connectivity index (χ3n) is 4.10. The molecule has 82 valence electrons. The molecular weight excluding hydrogens is 172 g/mol. The summed E-state index contributed by atoms with van der Waals surface area (Å²) in [5.41, 5.74) is 0. The van der Waals surface area contributed by atoms with Gasteiger partial charge >= 0.3 is 0 Å². The van der Waals surface area contributed by atoms with Crippen LogP contribution < -0.4 is 0 Å². The smallest absolute Gasteiger partial charge is 0.0248 e. The van der Waals surface area contributed by atoms with Gasteiger partial charge in [-0.2, -0.15) is 0 Å². The average molecular weight is 196 g/mol. The van der Waals surface area contributed by atoms with Gasteiger partial charge in [-0.15, -0.1) is 0 Å². The van der Waals surface area contributed by atoms with Crippen molar-refractivity contribution in [3.63, 3.8) is 0 Å². The third kappa shape index (κ3) is 2.12. The second-order valence-electron chi connectivity index (χ2n) is 5.09. The van der Waals surface area contributed by atoms with Crippen molar-refractivity contribution >= 4 is 0 Å². The third-order valence-corrected chi connectivity index (χ3v) is 4.10. The number of likely N-dealkylation sites (N-methyl/N-ethyl adjacent to an activating group) is 2. The molecule has 2 rings (SSSR count). The van der Waals surface area contributed by atoms with Crippen LogP contribution in [-0.4, -0.2) is 49.1 Å². The number of likely N-dealkylation sites (tertiary alicyclic amines) is 2. The zero-order valence-corrected chi connectivity index (χ0v) is 9.71. The number of hydrogen-bond acceptors (Lipinski definition) is 2. The maximum absolute atomic E-state index is 2.59. The molecule has 0 N–H and O–H groups in total. The monoisotopic (exact) mass is 196 g/mol. The minimum Gasteiger partial charge on any atom is -0.302 e. The fraction of sp³-hybridized carbons (Fsp3) is 1.00. The Kier molecular flexibility index (Phi) is 3.45. The number of rotatable bonds is 1. The van der Waals surface area contributed by atoms with Crippen LogP contribution in [0.1, 0.15) is 38.5 Å². The molecule has 2 atom stereocenters. The van der Waals surface area contributed by atoms with Crippen molar-refractivity contribution < 1.29 is 0 Å². The standard InChI is InChI=1S/C12H24N2/c1-13-9-5-3-7-11(13)12-8-4-6-10-14(12)2/h11-12H,3-10H2,1-2H3. The van der Waals surface area contributed by atoms with Crippen LogP contribution in [-0.2, 0) is 0 Å². The lowest BCUT2D eigenvalue weighted by Crippen LogP contribution is -2.52. The molecule has 0 amide bonds. The lowest BCUT2D eigenvalue weighted by atomic mass is 9.89. The van der Waals surface area contributed by atoms with Gasteiger partial charge < -0.3 is 9.80 Å². The molecule has 2 heterocycles. The van der Waals surface area contributed by atoms with Gasteiger partial charge in [-0.05, 0) is 52.9 Å². The summed E-state index contributed by atoms with van der Waals surface area (Å²) in [6.45, 7) is 2.63. The molecule has 14 heavy (non-hydrogen) atoms. The number of nitrogens with zero attached hydrogens (tertiary/aromatic N) is 2. The van der Waals surface area contributed by atoms with Gasteiger partial charge in [0.15, 0.2) is 0 Å². The van der Waals surface area contributed by atoms with E-state index in [1.165, 1.54) is 51.6 Å². The van der Waals surface area contributed by atoms with Crippen LogP contribution in [0.15, 0.2) is 0 Å². The average Bonchev–Trinajstić information content (AvgIpc) is 2.20. The Morgan fingerprint density at radius 2 is 1.14 bits per heavy atom. The molecule has 2 heteroatoms. The summed E-state index contributed by atoms with van der Waals surface area (Å²) in [7, 11) is 4.62. The predicted molar refractivity (Wildman–Crippen MR) is 60.5 cm³/mol. The van der Waals surface area contributed by atoms with Crippen LogP contribution in [0.5, 0.6) is 0 Å². The Bertz CT molecular complexity index is 161. The Morgan fingerprint density at radius 3 is 1.50 bits per heavy atom. The second kappa shape index (κ2) is 4.63. The molecule has 2 aliphatic heterocycles. The van der Waals surface area contributed by atoms with E-state index >= 15 is 0 Å². The van der Waals surface area contributed by atoms with Crippen molar-refractivity contribution in [2.24, 2.45) is 0 Å². The maximum atomic E-state index is 2.59. The molecule has 2 unspecified atom stereocenters. The summed E-state index contributed by atoms with van der Waals surface area (Å²) in [5, 5.41) is 0. The first-order valence-electron chi connectivity index (χ1n) is 6.19. The van der Waals surface area contributed by atoms with E-state index in [2.05, 4.69) is 23.9 Å². The minimum atomic E-state index is 0.842. The highest BCUT2D eigenvalue weighted by Gasteiger charge is 2.31. The highest BCUT2D eigenvalue weighted by molar-refractivity contribution is 4.88. The van der Waals surface area contributed by atoms with Crippen molar-refractivity contribution in [2.75, 3.05) is 27.2 Å². The van der Waals surface area contributed by atoms with E-state index in [4.69, 9.17) is 0 Å². The van der Waals surface area contributed by atoms with Crippen LogP contribution in [0.25, 0.3) is 0 Å². The van der Waals surface area contributed by atoms with Crippen LogP contribution in [0.2, 0.25) is 0 Å². The normalized spacial score (nSPS) is 37.3. The summed E-state index contributed by atoms with van der Waals surface area (Å²) in [6, 6.07) is 1.68.